The maximum atomic E-state index is 10.2. The van der Waals surface area contributed by atoms with Crippen LogP contribution >= 0.6 is 10.8 Å². The quantitative estimate of drug-likeness (QED) is 0.411. The van der Waals surface area contributed by atoms with Gasteiger partial charge in [0.2, 0.25) is 6.54 Å². The lowest BCUT2D eigenvalue weighted by atomic mass is 10.8. The van der Waals surface area contributed by atoms with Crippen LogP contribution in [-0.2, 0) is 0 Å². The molecule has 1 saturated heterocycles. The van der Waals surface area contributed by atoms with Crippen molar-refractivity contribution in [2.24, 2.45) is 0 Å². The minimum Gasteiger partial charge on any atom is -0.278 e. The molecule has 0 aromatic carbocycles. The monoisotopic (exact) mass is 139 g/mol. The van der Waals surface area contributed by atoms with Gasteiger partial charge in [0.05, 0.1) is 4.91 Å². The fourth-order valence-electron chi connectivity index (χ4n) is 0.465. The molecule has 0 saturated carbocycles. The van der Waals surface area contributed by atoms with Crippen LogP contribution in [0.4, 0.5) is 0 Å². The second-order valence-electron chi connectivity index (χ2n) is 1.56. The number of hydrogen-bond acceptors (Lipinski definition) is 3. The molecule has 1 rings (SSSR count). The molecule has 0 aromatic heterocycles. The average molecular weight is 139 g/mol. The van der Waals surface area contributed by atoms with Crippen LogP contribution in [-0.4, -0.2) is 26.3 Å². The molecule has 1 aliphatic heterocycles. The minimum atomic E-state index is -2.73. The third-order valence-electron chi connectivity index (χ3n) is 0.827. The van der Waals surface area contributed by atoms with Gasteiger partial charge in [-0.05, 0) is 4.83 Å². The van der Waals surface area contributed by atoms with Crippen LogP contribution in [0.2, 0.25) is 0 Å². The first-order valence-electron chi connectivity index (χ1n) is 2.08. The van der Waals surface area contributed by atoms with E-state index in [0.717, 1.165) is 0 Å². The van der Waals surface area contributed by atoms with Gasteiger partial charge in [0.1, 0.15) is 10.6 Å². The first kappa shape index (κ1) is 5.80. The van der Waals surface area contributed by atoms with Gasteiger partial charge in [-0.3, -0.25) is 9.11 Å². The summed E-state index contributed by atoms with van der Waals surface area (Å²) in [4.78, 5) is 12.6. The summed E-state index contributed by atoms with van der Waals surface area (Å²) in [5.74, 6) is 0.135. The fraction of sp³-hybridized carbons (Fsp3) is 1.00. The second kappa shape index (κ2) is 1.57. The van der Waals surface area contributed by atoms with Crippen molar-refractivity contribution in [2.45, 2.75) is 0 Å². The molecule has 0 atom stereocenters. The highest BCUT2D eigenvalue weighted by molar-refractivity contribution is 8.22. The van der Waals surface area contributed by atoms with Crippen LogP contribution in [0.5, 0.6) is 0 Å². The van der Waals surface area contributed by atoms with Crippen molar-refractivity contribution in [3.8, 4) is 0 Å². The SMILES string of the molecule is O=[N+]1CCS(O)(O)N1. The highest BCUT2D eigenvalue weighted by Crippen LogP contribution is 2.35. The van der Waals surface area contributed by atoms with Gasteiger partial charge in [0, 0.05) is 0 Å². The second-order valence-corrected chi connectivity index (χ2v) is 3.49. The molecule has 3 N–H and O–H groups in total. The van der Waals surface area contributed by atoms with Crippen LogP contribution < -0.4 is 4.83 Å². The van der Waals surface area contributed by atoms with E-state index in [2.05, 4.69) is 0 Å². The Morgan fingerprint density at radius 2 is 2.25 bits per heavy atom. The largest absolute Gasteiger partial charge is 0.278 e. The summed E-state index contributed by atoms with van der Waals surface area (Å²) in [5.41, 5.74) is 0. The van der Waals surface area contributed by atoms with Crippen molar-refractivity contribution in [1.82, 2.24) is 4.83 Å². The Balaban J connectivity index is 2.56. The third-order valence-corrected chi connectivity index (χ3v) is 2.07. The zero-order chi connectivity index (χ0) is 6.20. The highest BCUT2D eigenvalue weighted by Gasteiger charge is 2.31. The van der Waals surface area contributed by atoms with Gasteiger partial charge in [-0.15, -0.1) is 0 Å². The molecule has 1 aliphatic rings. The maximum Gasteiger partial charge on any atom is 0.246 e. The molecule has 48 valence electrons. The summed E-state index contributed by atoms with van der Waals surface area (Å²) in [5, 5.41) is 0. The Morgan fingerprint density at radius 3 is 2.38 bits per heavy atom. The average Bonchev–Trinajstić information content (AvgIpc) is 1.82. The van der Waals surface area contributed by atoms with Crippen molar-refractivity contribution >= 4 is 10.8 Å². The number of hydrogen-bond donors (Lipinski definition) is 3. The van der Waals surface area contributed by atoms with E-state index >= 15 is 0 Å². The van der Waals surface area contributed by atoms with Gasteiger partial charge >= 0.3 is 0 Å². The smallest absolute Gasteiger partial charge is 0.246 e. The van der Waals surface area contributed by atoms with E-state index in [1.54, 1.807) is 0 Å². The Bertz CT molecular complexity index is 124. The van der Waals surface area contributed by atoms with Crippen molar-refractivity contribution in [3.63, 3.8) is 0 Å². The molecule has 1 heterocycles. The molecular formula is C2H7N2O3S+. The Kier molecular flexibility index (Phi) is 1.14. The van der Waals surface area contributed by atoms with E-state index in [1.165, 1.54) is 0 Å². The van der Waals surface area contributed by atoms with E-state index in [9.17, 15) is 4.91 Å². The molecule has 6 heteroatoms. The minimum absolute atomic E-state index is 0.135. The summed E-state index contributed by atoms with van der Waals surface area (Å²) in [7, 11) is -2.73. The Labute approximate surface area is 47.7 Å². The molecule has 1 fully saturated rings. The molecule has 5 nitrogen and oxygen atoms in total. The first-order chi connectivity index (χ1) is 3.60. The third kappa shape index (κ3) is 1.09. The zero-order valence-corrected chi connectivity index (χ0v) is 4.89. The summed E-state index contributed by atoms with van der Waals surface area (Å²) < 4.78 is 17.3. The van der Waals surface area contributed by atoms with Crippen molar-refractivity contribution < 1.29 is 14.0 Å². The molecule has 0 bridgehead atoms. The van der Waals surface area contributed by atoms with Crippen LogP contribution in [0.3, 0.4) is 0 Å². The molecule has 0 aromatic rings. The predicted octanol–water partition coefficient (Wildman–Crippen LogP) is -0.0509. The fourth-order valence-corrected chi connectivity index (χ4v) is 1.39. The van der Waals surface area contributed by atoms with E-state index in [-0.39, 0.29) is 12.3 Å². The van der Waals surface area contributed by atoms with Gasteiger partial charge in [-0.1, -0.05) is 10.8 Å². The predicted molar refractivity (Wildman–Crippen MR) is 29.3 cm³/mol. The number of nitroso groups, excluding NO2 is 1. The molecular weight excluding hydrogens is 132 g/mol. The highest BCUT2D eigenvalue weighted by atomic mass is 32.3. The van der Waals surface area contributed by atoms with Gasteiger partial charge in [-0.25, -0.2) is 0 Å². The summed E-state index contributed by atoms with van der Waals surface area (Å²) in [6.45, 7) is 0.155. The first-order valence-corrected chi connectivity index (χ1v) is 3.80. The van der Waals surface area contributed by atoms with E-state index in [0.29, 0.717) is 4.87 Å². The standard InChI is InChI=1S/C2H6N2O3S/c5-4-1-2-8(6,7)3-4/h1-2H2,(H2-,3,5,6,7)/p+1. The van der Waals surface area contributed by atoms with Crippen molar-refractivity contribution in [1.29, 1.82) is 0 Å². The van der Waals surface area contributed by atoms with Crippen LogP contribution in [0.15, 0.2) is 0 Å². The van der Waals surface area contributed by atoms with Crippen molar-refractivity contribution in [2.75, 3.05) is 12.3 Å². The Hall–Kier alpha value is -0.330. The van der Waals surface area contributed by atoms with Crippen molar-refractivity contribution in [3.05, 3.63) is 4.91 Å². The lowest BCUT2D eigenvalue weighted by Gasteiger charge is -2.17. The van der Waals surface area contributed by atoms with E-state index < -0.39 is 10.8 Å². The van der Waals surface area contributed by atoms with Crippen LogP contribution in [0.1, 0.15) is 0 Å². The summed E-state index contributed by atoms with van der Waals surface area (Å²) >= 11 is 0. The molecule has 0 unspecified atom stereocenters. The summed E-state index contributed by atoms with van der Waals surface area (Å²) in [6, 6.07) is 0. The van der Waals surface area contributed by atoms with Gasteiger partial charge < -0.3 is 0 Å². The lowest BCUT2D eigenvalue weighted by Crippen LogP contribution is -2.18. The zero-order valence-electron chi connectivity index (χ0n) is 4.07. The number of rotatable bonds is 0. The van der Waals surface area contributed by atoms with Crippen LogP contribution in [0, 0.1) is 4.91 Å². The maximum absolute atomic E-state index is 10.2. The molecule has 0 spiro atoms. The Morgan fingerprint density at radius 1 is 1.62 bits per heavy atom. The van der Waals surface area contributed by atoms with Gasteiger partial charge in [-0.2, -0.15) is 0 Å². The van der Waals surface area contributed by atoms with E-state index in [1.807, 2.05) is 4.83 Å². The normalized spacial score (nSPS) is 29.5. The van der Waals surface area contributed by atoms with Crippen LogP contribution in [0.25, 0.3) is 0 Å². The number of nitrogens with one attached hydrogen (secondary N) is 1. The summed E-state index contributed by atoms with van der Waals surface area (Å²) in [6.07, 6.45) is 0. The molecule has 0 aliphatic carbocycles. The van der Waals surface area contributed by atoms with Gasteiger partial charge in [0.15, 0.2) is 0 Å². The molecule has 0 radical (unpaired) electrons. The molecule has 8 heavy (non-hydrogen) atoms. The number of nitrogens with zero attached hydrogens (tertiary/aromatic N) is 1. The molecule has 0 amide bonds. The van der Waals surface area contributed by atoms with Gasteiger partial charge in [0.25, 0.3) is 0 Å². The van der Waals surface area contributed by atoms with E-state index in [4.69, 9.17) is 9.11 Å². The topological polar surface area (TPSA) is 72.6 Å². The number of hydrazine groups is 1. The lowest BCUT2D eigenvalue weighted by molar-refractivity contribution is -0.572.